The maximum atomic E-state index is 12.2. The molecule has 1 fully saturated rings. The molecule has 1 aliphatic carbocycles. The Morgan fingerprint density at radius 1 is 1.50 bits per heavy atom. The van der Waals surface area contributed by atoms with Crippen molar-refractivity contribution in [2.45, 2.75) is 25.3 Å². The van der Waals surface area contributed by atoms with E-state index < -0.39 is 5.54 Å². The van der Waals surface area contributed by atoms with Crippen LogP contribution in [0.4, 0.5) is 10.5 Å². The number of aromatic nitrogens is 3. The first-order chi connectivity index (χ1) is 10.6. The first-order valence-corrected chi connectivity index (χ1v) is 7.27. The van der Waals surface area contributed by atoms with Gasteiger partial charge in [-0.3, -0.25) is 10.1 Å². The fourth-order valence-corrected chi connectivity index (χ4v) is 2.49. The molecule has 0 saturated heterocycles. The van der Waals surface area contributed by atoms with Crippen LogP contribution in [0.3, 0.4) is 0 Å². The van der Waals surface area contributed by atoms with Gasteiger partial charge in [0.2, 0.25) is 0 Å². The minimum atomic E-state index is -0.584. The van der Waals surface area contributed by atoms with Gasteiger partial charge in [-0.15, -0.1) is 0 Å². The van der Waals surface area contributed by atoms with Crippen molar-refractivity contribution in [1.82, 2.24) is 20.5 Å². The van der Waals surface area contributed by atoms with Gasteiger partial charge in [0.05, 0.1) is 29.7 Å². The van der Waals surface area contributed by atoms with Crippen molar-refractivity contribution in [2.75, 3.05) is 11.9 Å². The number of carbonyl (C=O) groups is 1. The van der Waals surface area contributed by atoms with Gasteiger partial charge in [-0.25, -0.2) is 4.79 Å². The molecule has 0 radical (unpaired) electrons. The fourth-order valence-electron chi connectivity index (χ4n) is 2.49. The minimum absolute atomic E-state index is 0.0798. The molecule has 2 heterocycles. The van der Waals surface area contributed by atoms with Crippen LogP contribution in [-0.2, 0) is 0 Å². The molecule has 2 aromatic heterocycles. The van der Waals surface area contributed by atoms with Crippen LogP contribution in [0.15, 0.2) is 30.6 Å². The van der Waals surface area contributed by atoms with Gasteiger partial charge < -0.3 is 15.7 Å². The number of carbonyl (C=O) groups excluding carboxylic acids is 1. The van der Waals surface area contributed by atoms with Gasteiger partial charge in [-0.05, 0) is 37.8 Å². The van der Waals surface area contributed by atoms with Gasteiger partial charge in [-0.1, -0.05) is 6.07 Å². The Labute approximate surface area is 128 Å². The maximum absolute atomic E-state index is 12.2. The Morgan fingerprint density at radius 2 is 2.32 bits per heavy atom. The molecule has 7 nitrogen and oxygen atoms in total. The molecule has 0 aliphatic heterocycles. The van der Waals surface area contributed by atoms with Crippen molar-refractivity contribution in [3.8, 4) is 11.4 Å². The highest BCUT2D eigenvalue weighted by Crippen LogP contribution is 2.39. The maximum Gasteiger partial charge on any atom is 0.319 e. The average Bonchev–Trinajstić information content (AvgIpc) is 3.29. The van der Waals surface area contributed by atoms with Crippen LogP contribution in [0.2, 0.25) is 0 Å². The van der Waals surface area contributed by atoms with E-state index in [4.69, 9.17) is 0 Å². The third-order valence-corrected chi connectivity index (χ3v) is 4.01. The summed E-state index contributed by atoms with van der Waals surface area (Å²) in [5, 5.41) is 22.0. The molecular weight excluding hydrogens is 282 g/mol. The molecule has 1 saturated carbocycles. The fraction of sp³-hybridized carbons (Fsp3) is 0.400. The number of pyridine rings is 1. The smallest absolute Gasteiger partial charge is 0.319 e. The molecule has 2 amide bonds. The SMILES string of the molecule is CC(CO)(NC(=O)Nc1cn[nH]c1-c1ccccn1)C1CC1. The number of hydrogen-bond acceptors (Lipinski definition) is 4. The summed E-state index contributed by atoms with van der Waals surface area (Å²) < 4.78 is 0. The number of aliphatic hydroxyl groups excluding tert-OH is 1. The van der Waals surface area contributed by atoms with Crippen molar-refractivity contribution < 1.29 is 9.90 Å². The number of rotatable bonds is 5. The Bertz CT molecular complexity index is 653. The third kappa shape index (κ3) is 2.94. The summed E-state index contributed by atoms with van der Waals surface area (Å²) in [5.74, 6) is 0.336. The van der Waals surface area contributed by atoms with Crippen LogP contribution in [0, 0.1) is 5.92 Å². The highest BCUT2D eigenvalue weighted by Gasteiger charge is 2.42. The lowest BCUT2D eigenvalue weighted by Crippen LogP contribution is -2.52. The Hall–Kier alpha value is -2.41. The van der Waals surface area contributed by atoms with Crippen molar-refractivity contribution in [2.24, 2.45) is 5.92 Å². The zero-order valence-electron chi connectivity index (χ0n) is 12.3. The van der Waals surface area contributed by atoms with Gasteiger partial charge in [0, 0.05) is 6.20 Å². The molecule has 0 spiro atoms. The summed E-state index contributed by atoms with van der Waals surface area (Å²) in [4.78, 5) is 16.4. The molecule has 4 N–H and O–H groups in total. The Balaban J connectivity index is 1.71. The normalized spacial score (nSPS) is 16.8. The lowest BCUT2D eigenvalue weighted by Gasteiger charge is -2.28. The van der Waals surface area contributed by atoms with Gasteiger partial charge in [-0.2, -0.15) is 5.10 Å². The predicted octanol–water partition coefficient (Wildman–Crippen LogP) is 1.75. The summed E-state index contributed by atoms with van der Waals surface area (Å²) in [6.45, 7) is 1.78. The van der Waals surface area contributed by atoms with Gasteiger partial charge in [0.25, 0.3) is 0 Å². The number of anilines is 1. The Morgan fingerprint density at radius 3 is 2.95 bits per heavy atom. The topological polar surface area (TPSA) is 103 Å². The molecular formula is C15H19N5O2. The van der Waals surface area contributed by atoms with Crippen LogP contribution in [-0.4, -0.2) is 38.5 Å². The lowest BCUT2D eigenvalue weighted by atomic mass is 9.97. The first-order valence-electron chi connectivity index (χ1n) is 7.27. The quantitative estimate of drug-likeness (QED) is 0.675. The lowest BCUT2D eigenvalue weighted by molar-refractivity contribution is 0.159. The second kappa shape index (κ2) is 5.76. The molecule has 2 aromatic rings. The van der Waals surface area contributed by atoms with Crippen LogP contribution in [0.1, 0.15) is 19.8 Å². The molecule has 7 heteroatoms. The Kier molecular flexibility index (Phi) is 3.81. The number of nitrogens with one attached hydrogen (secondary N) is 3. The minimum Gasteiger partial charge on any atom is -0.394 e. The summed E-state index contributed by atoms with van der Waals surface area (Å²) in [5.41, 5.74) is 1.31. The molecule has 22 heavy (non-hydrogen) atoms. The van der Waals surface area contributed by atoms with E-state index in [0.29, 0.717) is 23.0 Å². The largest absolute Gasteiger partial charge is 0.394 e. The molecule has 1 atom stereocenters. The van der Waals surface area contributed by atoms with Gasteiger partial charge in [0.1, 0.15) is 5.69 Å². The van der Waals surface area contributed by atoms with Gasteiger partial charge in [0.15, 0.2) is 0 Å². The van der Waals surface area contributed by atoms with Crippen LogP contribution < -0.4 is 10.6 Å². The van der Waals surface area contributed by atoms with E-state index in [1.54, 1.807) is 6.20 Å². The molecule has 1 unspecified atom stereocenters. The summed E-state index contributed by atoms with van der Waals surface area (Å²) in [6.07, 6.45) is 5.28. The first kappa shape index (κ1) is 14.5. The second-order valence-corrected chi connectivity index (χ2v) is 5.80. The highest BCUT2D eigenvalue weighted by molar-refractivity contribution is 5.93. The number of H-pyrrole nitrogens is 1. The molecule has 0 aromatic carbocycles. The summed E-state index contributed by atoms with van der Waals surface area (Å²) in [7, 11) is 0. The number of amides is 2. The van der Waals surface area contributed by atoms with E-state index in [2.05, 4.69) is 25.8 Å². The molecule has 3 rings (SSSR count). The van der Waals surface area contributed by atoms with E-state index >= 15 is 0 Å². The molecule has 1 aliphatic rings. The second-order valence-electron chi connectivity index (χ2n) is 5.80. The number of urea groups is 1. The van der Waals surface area contributed by atoms with Crippen molar-refractivity contribution in [3.05, 3.63) is 30.6 Å². The molecule has 116 valence electrons. The monoisotopic (exact) mass is 301 g/mol. The van der Waals surface area contributed by atoms with E-state index in [-0.39, 0.29) is 12.6 Å². The van der Waals surface area contributed by atoms with Crippen molar-refractivity contribution in [1.29, 1.82) is 0 Å². The number of nitrogens with zero attached hydrogens (tertiary/aromatic N) is 2. The predicted molar refractivity (Wildman–Crippen MR) is 82.2 cm³/mol. The standard InChI is InChI=1S/C15H19N5O2/c1-15(9-21,10-5-6-10)19-14(22)18-12-8-17-20-13(12)11-4-2-3-7-16-11/h2-4,7-8,10,21H,5-6,9H2,1H3,(H,17,20)(H2,18,19,22). The van der Waals surface area contributed by atoms with Crippen molar-refractivity contribution in [3.63, 3.8) is 0 Å². The van der Waals surface area contributed by atoms with E-state index in [1.165, 1.54) is 6.20 Å². The van der Waals surface area contributed by atoms with Crippen LogP contribution in [0.5, 0.6) is 0 Å². The number of hydrogen-bond donors (Lipinski definition) is 4. The van der Waals surface area contributed by atoms with E-state index in [1.807, 2.05) is 25.1 Å². The van der Waals surface area contributed by atoms with Crippen molar-refractivity contribution >= 4 is 11.7 Å². The third-order valence-electron chi connectivity index (χ3n) is 4.01. The van der Waals surface area contributed by atoms with E-state index in [0.717, 1.165) is 12.8 Å². The van der Waals surface area contributed by atoms with Gasteiger partial charge >= 0.3 is 6.03 Å². The number of aliphatic hydroxyl groups is 1. The zero-order chi connectivity index (χ0) is 15.6. The summed E-state index contributed by atoms with van der Waals surface area (Å²) in [6, 6.07) is 5.16. The zero-order valence-corrected chi connectivity index (χ0v) is 12.3. The number of aromatic amines is 1. The van der Waals surface area contributed by atoms with Crippen LogP contribution >= 0.6 is 0 Å². The molecule has 0 bridgehead atoms. The highest BCUT2D eigenvalue weighted by atomic mass is 16.3. The van der Waals surface area contributed by atoms with E-state index in [9.17, 15) is 9.90 Å². The summed E-state index contributed by atoms with van der Waals surface area (Å²) >= 11 is 0. The van der Waals surface area contributed by atoms with Crippen LogP contribution in [0.25, 0.3) is 11.4 Å². The average molecular weight is 301 g/mol.